The van der Waals surface area contributed by atoms with Crippen molar-refractivity contribution in [2.75, 3.05) is 7.05 Å². The summed E-state index contributed by atoms with van der Waals surface area (Å²) in [6.07, 6.45) is -0.758. The summed E-state index contributed by atoms with van der Waals surface area (Å²) in [5, 5.41) is 0.773. The lowest BCUT2D eigenvalue weighted by Crippen LogP contribution is -2.60. The number of carbonyl (C=O) groups is 3. The molecule has 0 fully saturated rings. The number of thiazole rings is 1. The Morgan fingerprint density at radius 1 is 0.867 bits per heavy atom. The van der Waals surface area contributed by atoms with E-state index in [1.165, 1.54) is 7.05 Å². The Kier molecular flexibility index (Phi) is 8.97. The van der Waals surface area contributed by atoms with Crippen molar-refractivity contribution in [3.63, 3.8) is 0 Å². The summed E-state index contributed by atoms with van der Waals surface area (Å²) in [6.45, 7) is 12.9. The van der Waals surface area contributed by atoms with Gasteiger partial charge < -0.3 is 14.0 Å². The molecule has 1 atom stereocenters. The number of likely N-dealkylation sites (N-methyl/N-ethyl adjacent to an activating group) is 1. The Bertz CT molecular complexity index is 1820. The highest BCUT2D eigenvalue weighted by atomic mass is 32.2. The van der Waals surface area contributed by atoms with E-state index in [0.717, 1.165) is 26.5 Å². The number of para-hydroxylation sites is 2. The number of nitrogens with zero attached hydrogens (tertiary/aromatic N) is 4. The predicted molar refractivity (Wildman–Crippen MR) is 174 cm³/mol. The fraction of sp³-hybridized carbons (Fsp3) is 0.438. The second-order valence-corrected chi connectivity index (χ2v) is 16.6. The number of fused-ring (bicyclic) bond motifs is 2. The summed E-state index contributed by atoms with van der Waals surface area (Å²) in [4.78, 5) is 46.5. The van der Waals surface area contributed by atoms with E-state index in [1.54, 1.807) is 79.7 Å². The molecule has 0 unspecified atom stereocenters. The van der Waals surface area contributed by atoms with Crippen molar-refractivity contribution in [3.8, 4) is 0 Å². The summed E-state index contributed by atoms with van der Waals surface area (Å²) >= 11 is 0.959. The standard InChI is InChI=1S/C32H40N4O7S2/c1-30(2,3)42-28(38)36(29(39)43-31(4,5)6)26(37)25(32(7,8)21-19-34(9)23-17-13-11-15-20(21)23)35(10)45(40,41)27-33-22-16-12-14-18-24(22)44-27/h11-19,25H,1-10H3/t25-/m1/s1. The van der Waals surface area contributed by atoms with Gasteiger partial charge in [0.25, 0.3) is 15.9 Å². The summed E-state index contributed by atoms with van der Waals surface area (Å²) in [5.41, 5.74) is -1.54. The molecule has 2 aromatic carbocycles. The molecule has 13 heteroatoms. The van der Waals surface area contributed by atoms with Crippen molar-refractivity contribution in [2.45, 2.75) is 82.4 Å². The second kappa shape index (κ2) is 11.8. The average molecular weight is 657 g/mol. The van der Waals surface area contributed by atoms with E-state index in [2.05, 4.69) is 4.98 Å². The van der Waals surface area contributed by atoms with E-state index in [-0.39, 0.29) is 9.24 Å². The summed E-state index contributed by atoms with van der Waals surface area (Å²) in [7, 11) is -1.37. The SMILES string of the molecule is CN([C@H](C(=O)N(C(=O)OC(C)(C)C)C(=O)OC(C)(C)C)C(C)(C)c1cn(C)c2ccccc12)S(=O)(=O)c1nc2ccccc2s1. The van der Waals surface area contributed by atoms with Crippen LogP contribution in [0.1, 0.15) is 61.0 Å². The van der Waals surface area contributed by atoms with E-state index >= 15 is 0 Å². The minimum absolute atomic E-state index is 0.237. The highest BCUT2D eigenvalue weighted by molar-refractivity contribution is 7.91. The lowest BCUT2D eigenvalue weighted by molar-refractivity contribution is -0.135. The van der Waals surface area contributed by atoms with Gasteiger partial charge >= 0.3 is 12.2 Å². The maximum atomic E-state index is 14.7. The number of aryl methyl sites for hydroxylation is 1. The molecule has 0 saturated heterocycles. The summed E-state index contributed by atoms with van der Waals surface area (Å²) in [6, 6.07) is 12.8. The van der Waals surface area contributed by atoms with Gasteiger partial charge in [0, 0.05) is 36.6 Å². The maximum absolute atomic E-state index is 14.7. The van der Waals surface area contributed by atoms with Gasteiger partial charge in [-0.15, -0.1) is 16.2 Å². The number of benzene rings is 2. The normalized spacial score (nSPS) is 13.7. The molecule has 4 rings (SSSR count). The van der Waals surface area contributed by atoms with Gasteiger partial charge in [-0.2, -0.15) is 4.31 Å². The zero-order chi connectivity index (χ0) is 33.7. The molecule has 0 aliphatic rings. The number of imide groups is 3. The van der Waals surface area contributed by atoms with Crippen LogP contribution in [0.3, 0.4) is 0 Å². The molecule has 4 aromatic rings. The quantitative estimate of drug-likeness (QED) is 0.232. The largest absolute Gasteiger partial charge is 0.443 e. The Hall–Kier alpha value is -3.81. The van der Waals surface area contributed by atoms with E-state index in [0.29, 0.717) is 15.8 Å². The van der Waals surface area contributed by atoms with Crippen LogP contribution in [0.25, 0.3) is 21.1 Å². The number of sulfonamides is 1. The van der Waals surface area contributed by atoms with Gasteiger partial charge in [-0.3, -0.25) is 4.79 Å². The third kappa shape index (κ3) is 6.90. The Balaban J connectivity index is 1.95. The van der Waals surface area contributed by atoms with Crippen molar-refractivity contribution >= 4 is 60.6 Å². The number of aromatic nitrogens is 2. The van der Waals surface area contributed by atoms with E-state index in [9.17, 15) is 22.8 Å². The van der Waals surface area contributed by atoms with Crippen LogP contribution in [0.15, 0.2) is 59.1 Å². The fourth-order valence-corrected chi connectivity index (χ4v) is 7.97. The van der Waals surface area contributed by atoms with E-state index in [4.69, 9.17) is 9.47 Å². The van der Waals surface area contributed by atoms with Crippen LogP contribution in [0.4, 0.5) is 9.59 Å². The van der Waals surface area contributed by atoms with Crippen LogP contribution < -0.4 is 0 Å². The van der Waals surface area contributed by atoms with Gasteiger partial charge in [-0.25, -0.2) is 23.0 Å². The van der Waals surface area contributed by atoms with Crippen LogP contribution >= 0.6 is 11.3 Å². The highest BCUT2D eigenvalue weighted by Crippen LogP contribution is 2.39. The van der Waals surface area contributed by atoms with Gasteiger partial charge in [0.2, 0.25) is 4.34 Å². The molecular weight excluding hydrogens is 617 g/mol. The molecule has 2 heterocycles. The smallest absolute Gasteiger partial charge is 0.426 e. The monoisotopic (exact) mass is 656 g/mol. The fourth-order valence-electron chi connectivity index (χ4n) is 5.14. The molecule has 0 aliphatic heterocycles. The van der Waals surface area contributed by atoms with Crippen LogP contribution in [0.5, 0.6) is 0 Å². The molecule has 0 saturated carbocycles. The zero-order valence-electron chi connectivity index (χ0n) is 27.2. The predicted octanol–water partition coefficient (Wildman–Crippen LogP) is 6.45. The van der Waals surface area contributed by atoms with Gasteiger partial charge in [0.1, 0.15) is 17.2 Å². The van der Waals surface area contributed by atoms with Gasteiger partial charge in [0.05, 0.1) is 10.2 Å². The number of hydrogen-bond acceptors (Lipinski definition) is 9. The van der Waals surface area contributed by atoms with Crippen molar-refractivity contribution in [1.29, 1.82) is 0 Å². The molecule has 0 bridgehead atoms. The first-order chi connectivity index (χ1) is 20.6. The second-order valence-electron chi connectivity index (χ2n) is 13.4. The third-order valence-corrected chi connectivity index (χ3v) is 10.3. The molecule has 242 valence electrons. The summed E-state index contributed by atoms with van der Waals surface area (Å²) in [5.74, 6) is -1.14. The number of rotatable bonds is 6. The third-order valence-electron chi connectivity index (χ3n) is 7.12. The van der Waals surface area contributed by atoms with Crippen molar-refractivity contribution in [1.82, 2.24) is 18.8 Å². The molecule has 45 heavy (non-hydrogen) atoms. The minimum Gasteiger partial charge on any atom is -0.443 e. The summed E-state index contributed by atoms with van der Waals surface area (Å²) < 4.78 is 42.7. The number of amides is 3. The Morgan fingerprint density at radius 3 is 1.96 bits per heavy atom. The highest BCUT2D eigenvalue weighted by Gasteiger charge is 2.51. The first kappa shape index (κ1) is 34.1. The van der Waals surface area contributed by atoms with Crippen molar-refractivity contribution < 1.29 is 32.3 Å². The molecule has 11 nitrogen and oxygen atoms in total. The van der Waals surface area contributed by atoms with Crippen molar-refractivity contribution in [3.05, 3.63) is 60.3 Å². The Labute approximate surface area is 267 Å². The van der Waals surface area contributed by atoms with Gasteiger partial charge in [0.15, 0.2) is 0 Å². The molecule has 2 aromatic heterocycles. The number of carbonyl (C=O) groups excluding carboxylic acids is 3. The first-order valence-corrected chi connectivity index (χ1v) is 16.6. The van der Waals surface area contributed by atoms with Crippen LogP contribution in [0, 0.1) is 0 Å². The molecule has 3 amide bonds. The minimum atomic E-state index is -4.46. The number of ether oxygens (including phenoxy) is 2. The van der Waals surface area contributed by atoms with Gasteiger partial charge in [-0.1, -0.05) is 44.2 Å². The van der Waals surface area contributed by atoms with Crippen molar-refractivity contribution in [2.24, 2.45) is 7.05 Å². The zero-order valence-corrected chi connectivity index (χ0v) is 28.9. The van der Waals surface area contributed by atoms with Crippen LogP contribution in [-0.4, -0.2) is 69.6 Å². The van der Waals surface area contributed by atoms with Gasteiger partial charge in [-0.05, 0) is 65.3 Å². The van der Waals surface area contributed by atoms with Crippen LogP contribution in [-0.2, 0) is 36.8 Å². The Morgan fingerprint density at radius 2 is 1.40 bits per heavy atom. The topological polar surface area (TPSA) is 128 Å². The lowest BCUT2D eigenvalue weighted by atomic mass is 9.77. The van der Waals surface area contributed by atoms with E-state index < -0.39 is 50.8 Å². The van der Waals surface area contributed by atoms with E-state index in [1.807, 2.05) is 42.1 Å². The molecule has 0 radical (unpaired) electrons. The molecule has 0 aliphatic carbocycles. The maximum Gasteiger partial charge on any atom is 0.426 e. The number of hydrogen-bond donors (Lipinski definition) is 0. The molecular formula is C32H40N4O7S2. The molecule has 0 spiro atoms. The molecule has 0 N–H and O–H groups in total. The first-order valence-electron chi connectivity index (χ1n) is 14.3. The average Bonchev–Trinajstić information content (AvgIpc) is 3.49. The lowest BCUT2D eigenvalue weighted by Gasteiger charge is -2.40. The van der Waals surface area contributed by atoms with Crippen LogP contribution in [0.2, 0.25) is 0 Å².